The van der Waals surface area contributed by atoms with Gasteiger partial charge in [0.25, 0.3) is 0 Å². The Morgan fingerprint density at radius 3 is 2.83 bits per heavy atom. The van der Waals surface area contributed by atoms with Gasteiger partial charge in [-0.3, -0.25) is 0 Å². The zero-order valence-electron chi connectivity index (χ0n) is 10.5. The molecule has 2 N–H and O–H groups in total. The molecular weight excluding hydrogens is 234 g/mol. The lowest BCUT2D eigenvalue weighted by atomic mass is 10.2. The number of rotatable bonds is 9. The normalized spacial score (nSPS) is 10.3. The van der Waals surface area contributed by atoms with Crippen molar-refractivity contribution in [2.45, 2.75) is 6.92 Å². The molecule has 0 bridgehead atoms. The lowest BCUT2D eigenvalue weighted by molar-refractivity contribution is 0.0696. The highest BCUT2D eigenvalue weighted by Gasteiger charge is 2.03. The van der Waals surface area contributed by atoms with Crippen LogP contribution in [0.5, 0.6) is 5.75 Å². The van der Waals surface area contributed by atoms with Crippen molar-refractivity contribution in [2.75, 3.05) is 32.9 Å². The van der Waals surface area contributed by atoms with Crippen molar-refractivity contribution >= 4 is 5.97 Å². The fourth-order valence-corrected chi connectivity index (χ4v) is 1.37. The predicted octanol–water partition coefficient (Wildman–Crippen LogP) is 1.39. The van der Waals surface area contributed by atoms with E-state index in [1.807, 2.05) is 6.92 Å². The maximum atomic E-state index is 10.7. The Morgan fingerprint density at radius 2 is 2.11 bits per heavy atom. The largest absolute Gasteiger partial charge is 0.492 e. The zero-order chi connectivity index (χ0) is 13.2. The first-order chi connectivity index (χ1) is 8.74. The predicted molar refractivity (Wildman–Crippen MR) is 68.3 cm³/mol. The molecule has 0 saturated heterocycles. The Labute approximate surface area is 107 Å². The Morgan fingerprint density at radius 1 is 1.33 bits per heavy atom. The van der Waals surface area contributed by atoms with E-state index in [0.717, 1.165) is 13.2 Å². The summed E-state index contributed by atoms with van der Waals surface area (Å²) in [6.45, 7) is 5.34. The Hall–Kier alpha value is -1.59. The molecule has 1 rings (SSSR count). The minimum absolute atomic E-state index is 0.233. The van der Waals surface area contributed by atoms with Gasteiger partial charge in [-0.2, -0.15) is 0 Å². The lowest BCUT2D eigenvalue weighted by Crippen LogP contribution is -2.25. The molecule has 0 atom stereocenters. The van der Waals surface area contributed by atoms with Crippen LogP contribution in [0.3, 0.4) is 0 Å². The van der Waals surface area contributed by atoms with Crippen LogP contribution in [0.25, 0.3) is 0 Å². The second-order valence-electron chi connectivity index (χ2n) is 3.63. The number of nitrogens with one attached hydrogen (secondary N) is 1. The minimum atomic E-state index is -0.949. The standard InChI is InChI=1S/C13H19NO4/c1-2-17-8-6-14-7-9-18-12-5-3-4-11(10-12)13(15)16/h3-5,10,14H,2,6-9H2,1H3,(H,15,16). The molecule has 0 aromatic heterocycles. The molecule has 0 fully saturated rings. The third kappa shape index (κ3) is 5.65. The van der Waals surface area contributed by atoms with Gasteiger partial charge in [0.2, 0.25) is 0 Å². The number of ether oxygens (including phenoxy) is 2. The van der Waals surface area contributed by atoms with E-state index in [2.05, 4.69) is 5.32 Å². The lowest BCUT2D eigenvalue weighted by Gasteiger charge is -2.08. The fourth-order valence-electron chi connectivity index (χ4n) is 1.37. The summed E-state index contributed by atoms with van der Waals surface area (Å²) in [7, 11) is 0. The topological polar surface area (TPSA) is 67.8 Å². The summed E-state index contributed by atoms with van der Waals surface area (Å²) < 4.78 is 10.6. The van der Waals surface area contributed by atoms with Gasteiger partial charge in [0, 0.05) is 19.7 Å². The third-order valence-corrected chi connectivity index (χ3v) is 2.26. The molecule has 18 heavy (non-hydrogen) atoms. The number of benzene rings is 1. The van der Waals surface area contributed by atoms with Gasteiger partial charge in [0.05, 0.1) is 12.2 Å². The smallest absolute Gasteiger partial charge is 0.335 e. The number of hydrogen-bond donors (Lipinski definition) is 2. The average molecular weight is 253 g/mol. The van der Waals surface area contributed by atoms with Gasteiger partial charge in [-0.15, -0.1) is 0 Å². The van der Waals surface area contributed by atoms with Crippen LogP contribution >= 0.6 is 0 Å². The summed E-state index contributed by atoms with van der Waals surface area (Å²) in [6, 6.07) is 6.46. The minimum Gasteiger partial charge on any atom is -0.492 e. The van der Waals surface area contributed by atoms with Crippen LogP contribution in [0.15, 0.2) is 24.3 Å². The first-order valence-corrected chi connectivity index (χ1v) is 5.98. The van der Waals surface area contributed by atoms with Crippen molar-refractivity contribution < 1.29 is 19.4 Å². The van der Waals surface area contributed by atoms with Gasteiger partial charge >= 0.3 is 5.97 Å². The quantitative estimate of drug-likeness (QED) is 0.651. The Bertz CT molecular complexity index is 368. The van der Waals surface area contributed by atoms with Crippen molar-refractivity contribution in [2.24, 2.45) is 0 Å². The van der Waals surface area contributed by atoms with Crippen LogP contribution in [-0.2, 0) is 4.74 Å². The van der Waals surface area contributed by atoms with Crippen molar-refractivity contribution in [3.63, 3.8) is 0 Å². The highest BCUT2D eigenvalue weighted by Crippen LogP contribution is 2.12. The summed E-state index contributed by atoms with van der Waals surface area (Å²) in [5.74, 6) is -0.378. The second-order valence-corrected chi connectivity index (χ2v) is 3.63. The SMILES string of the molecule is CCOCCNCCOc1cccc(C(=O)O)c1. The molecule has 0 aliphatic carbocycles. The summed E-state index contributed by atoms with van der Waals surface area (Å²) in [6.07, 6.45) is 0. The molecule has 0 spiro atoms. The van der Waals surface area contributed by atoms with Gasteiger partial charge in [0.1, 0.15) is 12.4 Å². The molecule has 0 radical (unpaired) electrons. The summed E-state index contributed by atoms with van der Waals surface area (Å²) in [4.78, 5) is 10.7. The first-order valence-electron chi connectivity index (χ1n) is 5.98. The number of carbonyl (C=O) groups is 1. The molecule has 0 heterocycles. The van der Waals surface area contributed by atoms with Crippen LogP contribution in [0, 0.1) is 0 Å². The molecule has 0 unspecified atom stereocenters. The van der Waals surface area contributed by atoms with E-state index in [9.17, 15) is 4.79 Å². The number of hydrogen-bond acceptors (Lipinski definition) is 4. The second kappa shape index (κ2) is 8.49. The van der Waals surface area contributed by atoms with E-state index < -0.39 is 5.97 Å². The molecule has 1 aromatic rings. The van der Waals surface area contributed by atoms with E-state index in [1.165, 1.54) is 12.1 Å². The summed E-state index contributed by atoms with van der Waals surface area (Å²) in [5.41, 5.74) is 0.233. The first kappa shape index (κ1) is 14.5. The van der Waals surface area contributed by atoms with Gasteiger partial charge < -0.3 is 19.9 Å². The molecule has 1 aromatic carbocycles. The molecule has 5 heteroatoms. The average Bonchev–Trinajstić information content (AvgIpc) is 2.38. The van der Waals surface area contributed by atoms with Crippen molar-refractivity contribution in [3.05, 3.63) is 29.8 Å². The van der Waals surface area contributed by atoms with Gasteiger partial charge in [-0.1, -0.05) is 6.07 Å². The fraction of sp³-hybridized carbons (Fsp3) is 0.462. The maximum absolute atomic E-state index is 10.7. The van der Waals surface area contributed by atoms with E-state index >= 15 is 0 Å². The molecule has 100 valence electrons. The molecular formula is C13H19NO4. The zero-order valence-corrected chi connectivity index (χ0v) is 10.5. The van der Waals surface area contributed by atoms with Crippen molar-refractivity contribution in [1.29, 1.82) is 0 Å². The number of carboxylic acids is 1. The Kier molecular flexibility index (Phi) is 6.83. The van der Waals surface area contributed by atoms with Crippen LogP contribution in [-0.4, -0.2) is 44.0 Å². The highest BCUT2D eigenvalue weighted by atomic mass is 16.5. The van der Waals surface area contributed by atoms with Crippen LogP contribution < -0.4 is 10.1 Å². The van der Waals surface area contributed by atoms with Gasteiger partial charge in [-0.05, 0) is 25.1 Å². The van der Waals surface area contributed by atoms with Crippen molar-refractivity contribution in [3.8, 4) is 5.75 Å². The van der Waals surface area contributed by atoms with E-state index in [-0.39, 0.29) is 5.56 Å². The summed E-state index contributed by atoms with van der Waals surface area (Å²) in [5, 5.41) is 12.0. The molecule has 0 saturated carbocycles. The van der Waals surface area contributed by atoms with E-state index in [0.29, 0.717) is 25.5 Å². The number of aromatic carboxylic acids is 1. The van der Waals surface area contributed by atoms with Crippen molar-refractivity contribution in [1.82, 2.24) is 5.32 Å². The Balaban J connectivity index is 2.19. The number of carboxylic acid groups (broad SMARTS) is 1. The van der Waals surface area contributed by atoms with Crippen LogP contribution in [0.1, 0.15) is 17.3 Å². The highest BCUT2D eigenvalue weighted by molar-refractivity contribution is 5.87. The van der Waals surface area contributed by atoms with Crippen LogP contribution in [0.2, 0.25) is 0 Å². The maximum Gasteiger partial charge on any atom is 0.335 e. The monoisotopic (exact) mass is 253 g/mol. The van der Waals surface area contributed by atoms with Crippen LogP contribution in [0.4, 0.5) is 0 Å². The molecule has 5 nitrogen and oxygen atoms in total. The molecule has 0 aliphatic rings. The van der Waals surface area contributed by atoms with Gasteiger partial charge in [0.15, 0.2) is 0 Å². The molecule has 0 amide bonds. The van der Waals surface area contributed by atoms with Gasteiger partial charge in [-0.25, -0.2) is 4.79 Å². The molecule has 0 aliphatic heterocycles. The van der Waals surface area contributed by atoms with E-state index in [4.69, 9.17) is 14.6 Å². The summed E-state index contributed by atoms with van der Waals surface area (Å²) >= 11 is 0. The third-order valence-electron chi connectivity index (χ3n) is 2.26. The van der Waals surface area contributed by atoms with E-state index in [1.54, 1.807) is 12.1 Å².